The number of ether oxygens (including phenoxy) is 5. The molecule has 2 bridgehead atoms. The van der Waals surface area contributed by atoms with Crippen LogP contribution in [0.25, 0.3) is 0 Å². The Labute approximate surface area is 461 Å². The molecular weight excluding hydrogens is 1000 g/mol. The average Bonchev–Trinajstić information content (AvgIpc) is 3.41. The highest BCUT2D eigenvalue weighted by Crippen LogP contribution is 2.45. The molecule has 1 aliphatic carbocycles. The minimum atomic E-state index is -2.76. The van der Waals surface area contributed by atoms with Crippen LogP contribution in [0.5, 0.6) is 0 Å². The Morgan fingerprint density at radius 1 is 0.831 bits per heavy atom. The summed E-state index contributed by atoms with van der Waals surface area (Å²) in [6.07, 6.45) is 15.2. The van der Waals surface area contributed by atoms with Gasteiger partial charge >= 0.3 is 5.97 Å². The molecule has 1 aromatic rings. The minimum absolute atomic E-state index is 0.0358. The fraction of sp³-hybridized carbons (Fsp3) is 0.705. The third kappa shape index (κ3) is 18.1. The van der Waals surface area contributed by atoms with Gasteiger partial charge in [-0.2, -0.15) is 0 Å². The van der Waals surface area contributed by atoms with Crippen LogP contribution >= 0.6 is 7.37 Å². The van der Waals surface area contributed by atoms with Gasteiger partial charge in [0.2, 0.25) is 5.79 Å². The summed E-state index contributed by atoms with van der Waals surface area (Å²) in [6.45, 7) is 17.9. The highest BCUT2D eigenvalue weighted by Gasteiger charge is 2.53. The number of fused-ring (bicyclic) bond motifs is 3. The smallest absolute Gasteiger partial charge is 0.329 e. The third-order valence-corrected chi connectivity index (χ3v) is 17.4. The standard InChI is InChI=1S/C61H95N2O13P/c1-40-21-15-13-16-22-42(3)51(62(33-34-71-8)48-23-17-14-18-24-48)39-49-29-27-46(7)61(69,75-49)58(66)59(67)63-32-20-19-25-50(63)60(68)74-52(43(4)37-47-28-31-53(54(38-47)72-9)76-77(11,12)70)30-26-41(2)36-45(6)56(65)57(73-10)55(64)44(5)35-40/h13-18,21-24,36,40-41,43-44,46-47,49-54,56-57,65,69H,19-20,25-35,37-39H2,1-12H3/b16-13+,21-15+,42-22+,45-36+/t40-,41+,43-,44-,46-,47-,49+,50+,51-,52+,53-,54-,56-,57+,61-/m1/s1. The SMILES string of the molecule is COCCN(c1ccccc1)[C@@H]1C[C@@H]2CC[C@@H](C)[C@@](O)(O2)C(=O)C(=O)N2CCCC[C@H]2C(=O)O[C@H]([C@H](C)C[C@H]2CC[C@@H](OP(C)(C)=O)[C@H](OC)C2)CC[C@H](C)/C=C(\C)[C@@H](O)[C@@H](OC)C(=O)[C@H](C)C[C@H](C)/C=C/C=C/C=C/1C. The van der Waals surface area contributed by atoms with E-state index >= 15 is 0 Å². The molecule has 4 aliphatic rings. The number of piperidine rings is 1. The molecule has 432 valence electrons. The molecule has 0 radical (unpaired) electrons. The number of benzene rings is 1. The number of hydrogen-bond acceptors (Lipinski definition) is 14. The zero-order chi connectivity index (χ0) is 56.6. The van der Waals surface area contributed by atoms with Crippen LogP contribution in [0.1, 0.15) is 132 Å². The number of allylic oxidation sites excluding steroid dienone is 6. The van der Waals surface area contributed by atoms with Crippen molar-refractivity contribution in [2.75, 3.05) is 59.3 Å². The summed E-state index contributed by atoms with van der Waals surface area (Å²) in [5.74, 6) is -6.39. The number of Topliss-reactive ketones (excluding diaryl/α,β-unsaturated/α-hetero) is 2. The van der Waals surface area contributed by atoms with E-state index in [1.165, 1.54) is 12.0 Å². The first-order valence-electron chi connectivity index (χ1n) is 28.5. The van der Waals surface area contributed by atoms with E-state index in [0.717, 1.165) is 17.7 Å². The molecule has 16 heteroatoms. The predicted octanol–water partition coefficient (Wildman–Crippen LogP) is 10.1. The number of aliphatic hydroxyl groups is 2. The zero-order valence-electron chi connectivity index (χ0n) is 48.5. The maximum absolute atomic E-state index is 14.7. The van der Waals surface area contributed by atoms with Crippen molar-refractivity contribution in [2.24, 2.45) is 35.5 Å². The van der Waals surface area contributed by atoms with Gasteiger partial charge in [0, 0.05) is 65.3 Å². The number of esters is 1. The van der Waals surface area contributed by atoms with Crippen LogP contribution in [0, 0.1) is 35.5 Å². The molecule has 1 aromatic carbocycles. The molecule has 2 saturated heterocycles. The summed E-state index contributed by atoms with van der Waals surface area (Å²) in [4.78, 5) is 61.5. The Bertz CT molecular complexity index is 2250. The normalized spacial score (nSPS) is 36.1. The van der Waals surface area contributed by atoms with E-state index in [1.54, 1.807) is 41.4 Å². The average molecular weight is 1100 g/mol. The van der Waals surface area contributed by atoms with E-state index in [2.05, 4.69) is 24.8 Å². The van der Waals surface area contributed by atoms with Crippen LogP contribution in [-0.4, -0.2) is 147 Å². The van der Waals surface area contributed by atoms with Crippen molar-refractivity contribution in [3.63, 3.8) is 0 Å². The number of ketones is 2. The summed E-state index contributed by atoms with van der Waals surface area (Å²) in [5, 5.41) is 24.1. The van der Waals surface area contributed by atoms with Crippen molar-refractivity contribution in [3.8, 4) is 0 Å². The van der Waals surface area contributed by atoms with E-state index in [-0.39, 0.29) is 60.7 Å². The quantitative estimate of drug-likeness (QED) is 0.0871. The van der Waals surface area contributed by atoms with Gasteiger partial charge in [0.1, 0.15) is 24.4 Å². The lowest BCUT2D eigenvalue weighted by Gasteiger charge is -2.44. The molecule has 5 rings (SSSR count). The lowest BCUT2D eigenvalue weighted by molar-refractivity contribution is -0.263. The number of anilines is 1. The highest BCUT2D eigenvalue weighted by molar-refractivity contribution is 7.57. The first-order chi connectivity index (χ1) is 36.5. The minimum Gasteiger partial charge on any atom is -0.461 e. The first-order valence-corrected chi connectivity index (χ1v) is 31.0. The molecule has 1 amide bonds. The summed E-state index contributed by atoms with van der Waals surface area (Å²) in [6, 6.07) is 8.65. The maximum atomic E-state index is 14.7. The molecule has 15 atom stereocenters. The highest BCUT2D eigenvalue weighted by atomic mass is 31.2. The Hall–Kier alpha value is -3.79. The molecule has 0 unspecified atom stereocenters. The van der Waals surface area contributed by atoms with Gasteiger partial charge in [0.25, 0.3) is 11.7 Å². The van der Waals surface area contributed by atoms with Gasteiger partial charge in [0.05, 0.1) is 31.0 Å². The third-order valence-electron chi connectivity index (χ3n) is 16.6. The Morgan fingerprint density at radius 2 is 1.56 bits per heavy atom. The number of para-hydroxylation sites is 1. The van der Waals surface area contributed by atoms with Gasteiger partial charge in [-0.1, -0.05) is 94.8 Å². The van der Waals surface area contributed by atoms with E-state index in [9.17, 15) is 34.0 Å². The van der Waals surface area contributed by atoms with Crippen LogP contribution < -0.4 is 4.90 Å². The first kappa shape index (κ1) is 64.0. The molecule has 3 heterocycles. The summed E-state index contributed by atoms with van der Waals surface area (Å²) >= 11 is 0. The number of cyclic esters (lactones) is 1. The van der Waals surface area contributed by atoms with Crippen molar-refractivity contribution in [2.45, 2.75) is 186 Å². The van der Waals surface area contributed by atoms with Gasteiger partial charge in [-0.3, -0.25) is 18.9 Å². The van der Waals surface area contributed by atoms with Crippen molar-refractivity contribution in [1.82, 2.24) is 4.90 Å². The molecule has 1 saturated carbocycles. The number of amides is 1. The topological polar surface area (TPSA) is 188 Å². The summed E-state index contributed by atoms with van der Waals surface area (Å²) in [7, 11) is 1.99. The largest absolute Gasteiger partial charge is 0.461 e. The Morgan fingerprint density at radius 3 is 2.23 bits per heavy atom. The molecule has 0 spiro atoms. The van der Waals surface area contributed by atoms with Crippen molar-refractivity contribution in [3.05, 3.63) is 77.9 Å². The maximum Gasteiger partial charge on any atom is 0.329 e. The van der Waals surface area contributed by atoms with Crippen LogP contribution in [0.15, 0.2) is 77.9 Å². The molecule has 3 fully saturated rings. The monoisotopic (exact) mass is 1090 g/mol. The molecule has 0 aromatic heterocycles. The molecule has 15 nitrogen and oxygen atoms in total. The molecular formula is C61H95N2O13P. The lowest BCUT2D eigenvalue weighted by atomic mass is 9.78. The number of nitrogens with zero attached hydrogens (tertiary/aromatic N) is 2. The predicted molar refractivity (Wildman–Crippen MR) is 302 cm³/mol. The summed E-state index contributed by atoms with van der Waals surface area (Å²) in [5.41, 5.74) is 2.55. The van der Waals surface area contributed by atoms with E-state index in [4.69, 9.17) is 28.2 Å². The van der Waals surface area contributed by atoms with Crippen molar-refractivity contribution < 1.29 is 62.2 Å². The van der Waals surface area contributed by atoms with Gasteiger partial charge in [-0.25, -0.2) is 4.79 Å². The second-order valence-corrected chi connectivity index (χ2v) is 26.0. The number of hydrogen-bond donors (Lipinski definition) is 2. The zero-order valence-corrected chi connectivity index (χ0v) is 49.4. The van der Waals surface area contributed by atoms with Gasteiger partial charge in [-0.05, 0) is 139 Å². The lowest BCUT2D eigenvalue weighted by Crippen LogP contribution is -2.61. The van der Waals surface area contributed by atoms with Crippen LogP contribution in [0.3, 0.4) is 0 Å². The second-order valence-electron chi connectivity index (χ2n) is 23.3. The van der Waals surface area contributed by atoms with Crippen LogP contribution in [0.2, 0.25) is 0 Å². The van der Waals surface area contributed by atoms with Gasteiger partial charge in [0.15, 0.2) is 13.2 Å². The van der Waals surface area contributed by atoms with Gasteiger partial charge in [-0.15, -0.1) is 0 Å². The molecule has 3 aliphatic heterocycles. The number of methoxy groups -OCH3 is 3. The number of carbonyl (C=O) groups excluding carboxylic acids is 4. The van der Waals surface area contributed by atoms with Crippen LogP contribution in [0.4, 0.5) is 5.69 Å². The fourth-order valence-electron chi connectivity index (χ4n) is 12.1. The number of rotatable bonds is 12. The molecule has 77 heavy (non-hydrogen) atoms. The van der Waals surface area contributed by atoms with Crippen LogP contribution in [-0.2, 0) is 52.0 Å². The van der Waals surface area contributed by atoms with Crippen molar-refractivity contribution in [1.29, 1.82) is 0 Å². The van der Waals surface area contributed by atoms with E-state index < -0.39 is 73.1 Å². The Balaban J connectivity index is 1.51. The summed E-state index contributed by atoms with van der Waals surface area (Å²) < 4.78 is 48.9. The van der Waals surface area contributed by atoms with Crippen molar-refractivity contribution >= 4 is 36.5 Å². The second kappa shape index (κ2) is 30.1. The fourth-order valence-corrected chi connectivity index (χ4v) is 13.0. The number of carbonyl (C=O) groups is 4. The van der Waals surface area contributed by atoms with E-state index in [0.29, 0.717) is 89.4 Å². The molecule has 2 N–H and O–H groups in total. The van der Waals surface area contributed by atoms with Gasteiger partial charge < -0.3 is 48.2 Å². The van der Waals surface area contributed by atoms with E-state index in [1.807, 2.05) is 81.5 Å². The Kier molecular flexibility index (Phi) is 25.1. The number of aliphatic hydroxyl groups excluding tert-OH is 1.